The van der Waals surface area contributed by atoms with Gasteiger partial charge in [-0.05, 0) is 24.8 Å². The molecule has 0 spiro atoms. The van der Waals surface area contributed by atoms with E-state index in [1.165, 1.54) is 5.56 Å². The first kappa shape index (κ1) is 21.7. The summed E-state index contributed by atoms with van der Waals surface area (Å²) in [5, 5.41) is 10.8. The van der Waals surface area contributed by atoms with E-state index in [2.05, 4.69) is 20.7 Å². The maximum atomic E-state index is 12.6. The molecule has 0 bridgehead atoms. The Balaban J connectivity index is 0.00000312. The average molecular weight is 462 g/mol. The van der Waals surface area contributed by atoms with Gasteiger partial charge >= 0.3 is 0 Å². The summed E-state index contributed by atoms with van der Waals surface area (Å²) in [5.74, 6) is 0.968. The van der Waals surface area contributed by atoms with E-state index in [9.17, 15) is 4.79 Å². The normalized spacial score (nSPS) is 16.2. The number of rotatable bonds is 6. The number of aromatic nitrogens is 2. The number of carbonyl (C=O) groups is 1. The Kier molecular flexibility index (Phi) is 8.67. The van der Waals surface area contributed by atoms with Crippen LogP contribution in [0.25, 0.3) is 0 Å². The molecule has 25 heavy (non-hydrogen) atoms. The van der Waals surface area contributed by atoms with Crippen molar-refractivity contribution in [2.75, 3.05) is 34.2 Å². The Morgan fingerprint density at radius 2 is 2.04 bits per heavy atom. The molecule has 1 amide bonds. The van der Waals surface area contributed by atoms with Crippen LogP contribution >= 0.6 is 24.0 Å². The van der Waals surface area contributed by atoms with Crippen LogP contribution in [0.3, 0.4) is 0 Å². The van der Waals surface area contributed by atoms with Crippen LogP contribution in [0.1, 0.15) is 31.2 Å². The lowest BCUT2D eigenvalue weighted by molar-refractivity contribution is -0.138. The molecule has 0 aromatic carbocycles. The number of aryl methyl sites for hydroxylation is 1. The lowest BCUT2D eigenvalue weighted by Crippen LogP contribution is -2.49. The van der Waals surface area contributed by atoms with Crippen molar-refractivity contribution in [1.29, 1.82) is 0 Å². The van der Waals surface area contributed by atoms with Crippen LogP contribution in [0.2, 0.25) is 0 Å². The number of halogens is 1. The molecule has 1 saturated carbocycles. The van der Waals surface area contributed by atoms with Gasteiger partial charge in [0, 0.05) is 47.5 Å². The van der Waals surface area contributed by atoms with E-state index < -0.39 is 0 Å². The first-order valence-electron chi connectivity index (χ1n) is 8.61. The van der Waals surface area contributed by atoms with Crippen LogP contribution in [0.4, 0.5) is 0 Å². The number of nitrogens with zero attached hydrogens (tertiary/aromatic N) is 4. The van der Waals surface area contributed by atoms with Crippen molar-refractivity contribution in [1.82, 2.24) is 25.3 Å². The van der Waals surface area contributed by atoms with Gasteiger partial charge in [-0.2, -0.15) is 5.10 Å². The molecule has 1 fully saturated rings. The standard InChI is InChI=1S/C17H30N6O.HI/c1-18-16(19-10-7-14-11-21-23(4)12-14)20-13-17(8-5-6-9-17)15(24)22(2)3;/h11-12H,5-10,13H2,1-4H3,(H2,18,19,20);1H. The minimum Gasteiger partial charge on any atom is -0.356 e. The second-order valence-corrected chi connectivity index (χ2v) is 6.81. The number of nitrogens with one attached hydrogen (secondary N) is 2. The molecule has 8 heteroatoms. The van der Waals surface area contributed by atoms with E-state index in [1.807, 2.05) is 33.5 Å². The molecule has 1 aromatic heterocycles. The van der Waals surface area contributed by atoms with Gasteiger partial charge in [-0.1, -0.05) is 12.8 Å². The van der Waals surface area contributed by atoms with Crippen molar-refractivity contribution in [3.8, 4) is 0 Å². The largest absolute Gasteiger partial charge is 0.356 e. The zero-order valence-corrected chi connectivity index (χ0v) is 18.0. The van der Waals surface area contributed by atoms with E-state index >= 15 is 0 Å². The Labute approximate surface area is 167 Å². The molecular weight excluding hydrogens is 431 g/mol. The summed E-state index contributed by atoms with van der Waals surface area (Å²) in [7, 11) is 7.35. The summed E-state index contributed by atoms with van der Waals surface area (Å²) < 4.78 is 1.80. The maximum absolute atomic E-state index is 12.6. The molecule has 0 atom stereocenters. The molecular formula is C17H31IN6O. The quantitative estimate of drug-likeness (QED) is 0.381. The topological polar surface area (TPSA) is 74.5 Å². The average Bonchev–Trinajstić information content (AvgIpc) is 3.19. The van der Waals surface area contributed by atoms with E-state index in [4.69, 9.17) is 0 Å². The second kappa shape index (κ2) is 9.98. The molecule has 1 aliphatic rings. The van der Waals surface area contributed by atoms with Crippen LogP contribution in [0.15, 0.2) is 17.4 Å². The van der Waals surface area contributed by atoms with Crippen LogP contribution in [-0.2, 0) is 18.3 Å². The monoisotopic (exact) mass is 462 g/mol. The molecule has 0 unspecified atom stereocenters. The number of hydrogen-bond acceptors (Lipinski definition) is 3. The van der Waals surface area contributed by atoms with Crippen molar-refractivity contribution in [2.45, 2.75) is 32.1 Å². The van der Waals surface area contributed by atoms with Crippen molar-refractivity contribution >= 4 is 35.8 Å². The number of guanidine groups is 1. The van der Waals surface area contributed by atoms with Crippen molar-refractivity contribution < 1.29 is 4.79 Å². The fraction of sp³-hybridized carbons (Fsp3) is 0.706. The SMILES string of the molecule is CN=C(NCCc1cnn(C)c1)NCC1(C(=O)N(C)C)CCCC1.I. The zero-order chi connectivity index (χ0) is 17.6. The fourth-order valence-corrected chi connectivity index (χ4v) is 3.39. The van der Waals surface area contributed by atoms with Gasteiger partial charge in [0.05, 0.1) is 11.6 Å². The maximum Gasteiger partial charge on any atom is 0.230 e. The number of aliphatic imine (C=N–C) groups is 1. The molecule has 1 heterocycles. The van der Waals surface area contributed by atoms with Crippen LogP contribution in [0, 0.1) is 5.41 Å². The van der Waals surface area contributed by atoms with Gasteiger partial charge in [-0.15, -0.1) is 24.0 Å². The smallest absolute Gasteiger partial charge is 0.230 e. The summed E-state index contributed by atoms with van der Waals surface area (Å²) in [6.07, 6.45) is 8.91. The van der Waals surface area contributed by atoms with Crippen LogP contribution < -0.4 is 10.6 Å². The third kappa shape index (κ3) is 5.86. The lowest BCUT2D eigenvalue weighted by Gasteiger charge is -2.31. The predicted octanol–water partition coefficient (Wildman–Crippen LogP) is 1.39. The van der Waals surface area contributed by atoms with Gasteiger partial charge in [0.25, 0.3) is 0 Å². The summed E-state index contributed by atoms with van der Waals surface area (Å²) in [5.41, 5.74) is 0.903. The van der Waals surface area contributed by atoms with E-state index in [0.29, 0.717) is 6.54 Å². The van der Waals surface area contributed by atoms with Gasteiger partial charge in [0.1, 0.15) is 0 Å². The highest BCUT2D eigenvalue weighted by Crippen LogP contribution is 2.38. The highest BCUT2D eigenvalue weighted by atomic mass is 127. The van der Waals surface area contributed by atoms with Gasteiger partial charge in [-0.25, -0.2) is 0 Å². The molecule has 2 rings (SSSR count). The minimum absolute atomic E-state index is 0. The van der Waals surface area contributed by atoms with Crippen molar-refractivity contribution in [3.63, 3.8) is 0 Å². The molecule has 0 saturated heterocycles. The highest BCUT2D eigenvalue weighted by molar-refractivity contribution is 14.0. The molecule has 0 aliphatic heterocycles. The van der Waals surface area contributed by atoms with Crippen molar-refractivity contribution in [3.05, 3.63) is 18.0 Å². The van der Waals surface area contributed by atoms with E-state index in [-0.39, 0.29) is 35.3 Å². The molecule has 1 aliphatic carbocycles. The number of hydrogen-bond donors (Lipinski definition) is 2. The predicted molar refractivity (Wildman–Crippen MR) is 111 cm³/mol. The lowest BCUT2D eigenvalue weighted by atomic mass is 9.84. The third-order valence-electron chi connectivity index (χ3n) is 4.70. The summed E-state index contributed by atoms with van der Waals surface area (Å²) >= 11 is 0. The first-order chi connectivity index (χ1) is 11.5. The highest BCUT2D eigenvalue weighted by Gasteiger charge is 2.42. The first-order valence-corrected chi connectivity index (χ1v) is 8.61. The molecule has 7 nitrogen and oxygen atoms in total. The van der Waals surface area contributed by atoms with Crippen LogP contribution in [-0.4, -0.2) is 60.8 Å². The Morgan fingerprint density at radius 3 is 2.56 bits per heavy atom. The molecule has 0 radical (unpaired) electrons. The number of carbonyl (C=O) groups excluding carboxylic acids is 1. The van der Waals surface area contributed by atoms with Crippen molar-refractivity contribution in [2.24, 2.45) is 17.5 Å². The Hall–Kier alpha value is -1.32. The van der Waals surface area contributed by atoms with Crippen LogP contribution in [0.5, 0.6) is 0 Å². The van der Waals surface area contributed by atoms with Gasteiger partial charge in [-0.3, -0.25) is 14.5 Å². The van der Waals surface area contributed by atoms with E-state index in [0.717, 1.165) is 44.6 Å². The minimum atomic E-state index is -0.287. The van der Waals surface area contributed by atoms with Gasteiger partial charge in [0.2, 0.25) is 5.91 Å². The van der Waals surface area contributed by atoms with Gasteiger partial charge in [0.15, 0.2) is 5.96 Å². The third-order valence-corrected chi connectivity index (χ3v) is 4.70. The van der Waals surface area contributed by atoms with E-state index in [1.54, 1.807) is 16.6 Å². The Bertz CT molecular complexity index is 577. The molecule has 1 aromatic rings. The molecule has 2 N–H and O–H groups in total. The Morgan fingerprint density at radius 1 is 1.36 bits per heavy atom. The fourth-order valence-electron chi connectivity index (χ4n) is 3.39. The second-order valence-electron chi connectivity index (χ2n) is 6.81. The summed E-state index contributed by atoms with van der Waals surface area (Å²) in [6, 6.07) is 0. The molecule has 142 valence electrons. The number of amides is 1. The van der Waals surface area contributed by atoms with Gasteiger partial charge < -0.3 is 15.5 Å². The summed E-state index contributed by atoms with van der Waals surface area (Å²) in [6.45, 7) is 1.41. The summed E-state index contributed by atoms with van der Waals surface area (Å²) in [4.78, 5) is 18.6. The zero-order valence-electron chi connectivity index (χ0n) is 15.7.